The SMILES string of the molecule is CN(C)C(=O)NCCNS(=O)(=O)c1ccccc1Br. The number of carbonyl (C=O) groups excluding carboxylic acids is 1. The van der Waals surface area contributed by atoms with E-state index in [0.29, 0.717) is 4.47 Å². The van der Waals surface area contributed by atoms with Crippen LogP contribution in [0.4, 0.5) is 4.79 Å². The normalized spacial score (nSPS) is 11.1. The molecule has 2 amide bonds. The third-order valence-corrected chi connectivity index (χ3v) is 4.70. The van der Waals surface area contributed by atoms with Crippen LogP contribution >= 0.6 is 15.9 Å². The minimum Gasteiger partial charge on any atom is -0.337 e. The Hall–Kier alpha value is -1.12. The first-order valence-corrected chi connectivity index (χ1v) is 7.81. The second-order valence-electron chi connectivity index (χ2n) is 3.95. The number of hydrogen-bond acceptors (Lipinski definition) is 3. The fraction of sp³-hybridized carbons (Fsp3) is 0.364. The van der Waals surface area contributed by atoms with Crippen molar-refractivity contribution < 1.29 is 13.2 Å². The van der Waals surface area contributed by atoms with E-state index >= 15 is 0 Å². The van der Waals surface area contributed by atoms with Crippen LogP contribution in [-0.2, 0) is 10.0 Å². The summed E-state index contributed by atoms with van der Waals surface area (Å²) in [5, 5.41) is 2.57. The van der Waals surface area contributed by atoms with E-state index in [0.717, 1.165) is 0 Å². The van der Waals surface area contributed by atoms with Crippen molar-refractivity contribution in [2.24, 2.45) is 0 Å². The molecule has 0 aliphatic rings. The molecule has 0 saturated heterocycles. The van der Waals surface area contributed by atoms with Crippen molar-refractivity contribution in [2.75, 3.05) is 27.2 Å². The first-order valence-electron chi connectivity index (χ1n) is 5.54. The van der Waals surface area contributed by atoms with Gasteiger partial charge in [-0.05, 0) is 28.1 Å². The second kappa shape index (κ2) is 6.88. The number of rotatable bonds is 5. The standard InChI is InChI=1S/C11H16BrN3O3S/c1-15(2)11(16)13-7-8-14-19(17,18)10-6-4-3-5-9(10)12/h3-6,14H,7-8H2,1-2H3,(H,13,16). The first kappa shape index (κ1) is 15.9. The van der Waals surface area contributed by atoms with Gasteiger partial charge in [-0.3, -0.25) is 0 Å². The monoisotopic (exact) mass is 349 g/mol. The molecule has 0 fully saturated rings. The van der Waals surface area contributed by atoms with E-state index in [2.05, 4.69) is 26.0 Å². The van der Waals surface area contributed by atoms with Crippen molar-refractivity contribution in [3.05, 3.63) is 28.7 Å². The Balaban J connectivity index is 2.53. The number of benzene rings is 1. The van der Waals surface area contributed by atoms with Gasteiger partial charge in [0, 0.05) is 31.7 Å². The van der Waals surface area contributed by atoms with Crippen LogP contribution in [0.5, 0.6) is 0 Å². The number of amides is 2. The average molecular weight is 350 g/mol. The fourth-order valence-electron chi connectivity index (χ4n) is 1.25. The van der Waals surface area contributed by atoms with Crippen molar-refractivity contribution in [1.82, 2.24) is 14.9 Å². The highest BCUT2D eigenvalue weighted by molar-refractivity contribution is 9.10. The third kappa shape index (κ3) is 4.81. The number of hydrogen-bond donors (Lipinski definition) is 2. The molecule has 2 N–H and O–H groups in total. The lowest BCUT2D eigenvalue weighted by Crippen LogP contribution is -2.39. The molecule has 0 aliphatic heterocycles. The van der Waals surface area contributed by atoms with Gasteiger partial charge in [0.1, 0.15) is 0 Å². The summed E-state index contributed by atoms with van der Waals surface area (Å²) < 4.78 is 26.9. The summed E-state index contributed by atoms with van der Waals surface area (Å²) in [6, 6.07) is 6.28. The topological polar surface area (TPSA) is 78.5 Å². The Morgan fingerprint density at radius 3 is 2.47 bits per heavy atom. The maximum atomic E-state index is 12.0. The Morgan fingerprint density at radius 1 is 1.26 bits per heavy atom. The Kier molecular flexibility index (Phi) is 5.77. The predicted octanol–water partition coefficient (Wildman–Crippen LogP) is 0.999. The van der Waals surface area contributed by atoms with E-state index in [1.54, 1.807) is 32.3 Å². The van der Waals surface area contributed by atoms with Gasteiger partial charge in [-0.2, -0.15) is 0 Å². The largest absolute Gasteiger partial charge is 0.337 e. The van der Waals surface area contributed by atoms with Crippen molar-refractivity contribution in [3.8, 4) is 0 Å². The van der Waals surface area contributed by atoms with Gasteiger partial charge in [0.15, 0.2) is 0 Å². The van der Waals surface area contributed by atoms with Crippen LogP contribution in [0.15, 0.2) is 33.6 Å². The van der Waals surface area contributed by atoms with E-state index in [1.807, 2.05) is 0 Å². The highest BCUT2D eigenvalue weighted by atomic mass is 79.9. The van der Waals surface area contributed by atoms with Gasteiger partial charge in [-0.1, -0.05) is 12.1 Å². The lowest BCUT2D eigenvalue weighted by Gasteiger charge is -2.12. The second-order valence-corrected chi connectivity index (χ2v) is 6.54. The zero-order chi connectivity index (χ0) is 14.5. The number of urea groups is 1. The highest BCUT2D eigenvalue weighted by Gasteiger charge is 2.16. The van der Waals surface area contributed by atoms with Gasteiger partial charge < -0.3 is 10.2 Å². The minimum atomic E-state index is -3.57. The molecule has 0 bridgehead atoms. The van der Waals surface area contributed by atoms with Crippen LogP contribution in [0.3, 0.4) is 0 Å². The fourth-order valence-corrected chi connectivity index (χ4v) is 3.29. The molecule has 0 aliphatic carbocycles. The molecule has 6 nitrogen and oxygen atoms in total. The smallest absolute Gasteiger partial charge is 0.316 e. The Labute approximate surface area is 121 Å². The molecular formula is C11H16BrN3O3S. The third-order valence-electron chi connectivity index (χ3n) is 2.23. The minimum absolute atomic E-state index is 0.128. The zero-order valence-corrected chi connectivity index (χ0v) is 13.1. The molecule has 0 unspecified atom stereocenters. The van der Waals surface area contributed by atoms with Gasteiger partial charge in [0.05, 0.1) is 4.90 Å². The predicted molar refractivity (Wildman–Crippen MR) is 76.4 cm³/mol. The summed E-state index contributed by atoms with van der Waals surface area (Å²) in [4.78, 5) is 12.8. The highest BCUT2D eigenvalue weighted by Crippen LogP contribution is 2.20. The molecule has 106 valence electrons. The van der Waals surface area contributed by atoms with Crippen molar-refractivity contribution in [1.29, 1.82) is 0 Å². The molecule has 0 saturated carbocycles. The summed E-state index contributed by atoms with van der Waals surface area (Å²) in [5.41, 5.74) is 0. The lowest BCUT2D eigenvalue weighted by molar-refractivity contribution is 0.217. The van der Waals surface area contributed by atoms with Crippen molar-refractivity contribution >= 4 is 32.0 Å². The maximum absolute atomic E-state index is 12.0. The number of halogens is 1. The number of sulfonamides is 1. The molecule has 0 aromatic heterocycles. The van der Waals surface area contributed by atoms with Gasteiger partial charge >= 0.3 is 6.03 Å². The van der Waals surface area contributed by atoms with E-state index in [-0.39, 0.29) is 24.0 Å². The van der Waals surface area contributed by atoms with E-state index < -0.39 is 10.0 Å². The van der Waals surface area contributed by atoms with Crippen molar-refractivity contribution in [2.45, 2.75) is 4.90 Å². The molecule has 1 aromatic carbocycles. The quantitative estimate of drug-likeness (QED) is 0.778. The average Bonchev–Trinajstić information content (AvgIpc) is 2.34. The van der Waals surface area contributed by atoms with Gasteiger partial charge in [-0.25, -0.2) is 17.9 Å². The summed E-state index contributed by atoms with van der Waals surface area (Å²) >= 11 is 3.19. The zero-order valence-electron chi connectivity index (χ0n) is 10.7. The summed E-state index contributed by atoms with van der Waals surface area (Å²) in [5.74, 6) is 0. The van der Waals surface area contributed by atoms with Crippen LogP contribution in [0.25, 0.3) is 0 Å². The number of nitrogens with one attached hydrogen (secondary N) is 2. The van der Waals surface area contributed by atoms with Crippen LogP contribution in [0, 0.1) is 0 Å². The van der Waals surface area contributed by atoms with Crippen LogP contribution < -0.4 is 10.0 Å². The van der Waals surface area contributed by atoms with Gasteiger partial charge in [-0.15, -0.1) is 0 Å². The lowest BCUT2D eigenvalue weighted by atomic mass is 10.4. The molecule has 19 heavy (non-hydrogen) atoms. The summed E-state index contributed by atoms with van der Waals surface area (Å²) in [7, 11) is -0.348. The Morgan fingerprint density at radius 2 is 1.89 bits per heavy atom. The van der Waals surface area contributed by atoms with Gasteiger partial charge in [0.2, 0.25) is 10.0 Å². The molecule has 8 heteroatoms. The molecule has 0 heterocycles. The maximum Gasteiger partial charge on any atom is 0.316 e. The van der Waals surface area contributed by atoms with Crippen LogP contribution in [-0.4, -0.2) is 46.5 Å². The summed E-state index contributed by atoms with van der Waals surface area (Å²) in [6.45, 7) is 0.351. The van der Waals surface area contributed by atoms with Crippen molar-refractivity contribution in [3.63, 3.8) is 0 Å². The van der Waals surface area contributed by atoms with E-state index in [1.165, 1.54) is 11.0 Å². The van der Waals surface area contributed by atoms with Gasteiger partial charge in [0.25, 0.3) is 0 Å². The molecular weight excluding hydrogens is 334 g/mol. The molecule has 1 rings (SSSR count). The number of nitrogens with zero attached hydrogens (tertiary/aromatic N) is 1. The van der Waals surface area contributed by atoms with E-state index in [9.17, 15) is 13.2 Å². The Bertz CT molecular complexity index is 546. The summed E-state index contributed by atoms with van der Waals surface area (Å²) in [6.07, 6.45) is 0. The molecule has 0 atom stereocenters. The van der Waals surface area contributed by atoms with Crippen LogP contribution in [0.1, 0.15) is 0 Å². The van der Waals surface area contributed by atoms with E-state index in [4.69, 9.17) is 0 Å². The number of carbonyl (C=O) groups is 1. The molecule has 0 radical (unpaired) electrons. The molecule has 0 spiro atoms. The molecule has 1 aromatic rings. The first-order chi connectivity index (χ1) is 8.84. The van der Waals surface area contributed by atoms with Crippen LogP contribution in [0.2, 0.25) is 0 Å².